The average molecular weight is 435 g/mol. The molecule has 0 aliphatic rings. The molecule has 9 heteroatoms. The van der Waals surface area contributed by atoms with Gasteiger partial charge >= 0.3 is 5.97 Å². The fourth-order valence-electron chi connectivity index (χ4n) is 2.59. The summed E-state index contributed by atoms with van der Waals surface area (Å²) < 4.78 is 42.9. The molecule has 8 nitrogen and oxygen atoms in total. The van der Waals surface area contributed by atoms with Gasteiger partial charge in [-0.15, -0.1) is 0 Å². The van der Waals surface area contributed by atoms with Crippen LogP contribution in [0.5, 0.6) is 11.5 Å². The normalized spacial score (nSPS) is 11.2. The van der Waals surface area contributed by atoms with Crippen LogP contribution in [0.1, 0.15) is 41.5 Å². The number of carbonyl (C=O) groups excluding carboxylic acids is 2. The number of esters is 1. The minimum absolute atomic E-state index is 0.0144. The Bertz CT molecular complexity index is 999. The van der Waals surface area contributed by atoms with Crippen molar-refractivity contribution in [3.8, 4) is 11.5 Å². The summed E-state index contributed by atoms with van der Waals surface area (Å²) in [5.74, 6) is -0.495. The minimum Gasteiger partial charge on any atom is -0.495 e. The molecule has 0 atom stereocenters. The van der Waals surface area contributed by atoms with Gasteiger partial charge in [-0.3, -0.25) is 4.79 Å². The van der Waals surface area contributed by atoms with E-state index in [0.29, 0.717) is 17.9 Å². The average Bonchev–Trinajstić information content (AvgIpc) is 2.71. The maximum atomic E-state index is 12.5. The number of hydrogen-bond acceptors (Lipinski definition) is 7. The van der Waals surface area contributed by atoms with Crippen molar-refractivity contribution in [1.29, 1.82) is 0 Å². The van der Waals surface area contributed by atoms with Gasteiger partial charge in [-0.2, -0.15) is 0 Å². The predicted octanol–water partition coefficient (Wildman–Crippen LogP) is 2.82. The van der Waals surface area contributed by atoms with Gasteiger partial charge in [0, 0.05) is 11.6 Å². The van der Waals surface area contributed by atoms with Gasteiger partial charge in [0.2, 0.25) is 10.0 Å². The summed E-state index contributed by atoms with van der Waals surface area (Å²) in [6.07, 6.45) is 0. The topological polar surface area (TPSA) is 108 Å². The number of rotatable bonds is 10. The lowest BCUT2D eigenvalue weighted by Gasteiger charge is -2.14. The summed E-state index contributed by atoms with van der Waals surface area (Å²) >= 11 is 0. The molecule has 0 radical (unpaired) electrons. The van der Waals surface area contributed by atoms with E-state index in [-0.39, 0.29) is 22.3 Å². The molecular weight excluding hydrogens is 410 g/mol. The largest absolute Gasteiger partial charge is 0.495 e. The van der Waals surface area contributed by atoms with Crippen molar-refractivity contribution < 1.29 is 32.2 Å². The van der Waals surface area contributed by atoms with E-state index in [1.807, 2.05) is 6.92 Å². The lowest BCUT2D eigenvalue weighted by atomic mass is 10.1. The molecule has 1 N–H and O–H groups in total. The Morgan fingerprint density at radius 1 is 1.03 bits per heavy atom. The van der Waals surface area contributed by atoms with E-state index in [2.05, 4.69) is 4.72 Å². The predicted molar refractivity (Wildman–Crippen MR) is 111 cm³/mol. The van der Waals surface area contributed by atoms with E-state index in [0.717, 1.165) is 6.07 Å². The van der Waals surface area contributed by atoms with Gasteiger partial charge in [-0.1, -0.05) is 0 Å². The number of nitrogens with one attached hydrogen (secondary N) is 1. The molecule has 2 rings (SSSR count). The Morgan fingerprint density at radius 3 is 2.23 bits per heavy atom. The molecule has 2 aromatic carbocycles. The van der Waals surface area contributed by atoms with E-state index in [1.165, 1.54) is 19.2 Å². The van der Waals surface area contributed by atoms with E-state index in [4.69, 9.17) is 14.2 Å². The molecule has 0 unspecified atom stereocenters. The third-order valence-corrected chi connectivity index (χ3v) is 5.58. The summed E-state index contributed by atoms with van der Waals surface area (Å²) in [4.78, 5) is 24.4. The van der Waals surface area contributed by atoms with E-state index < -0.39 is 28.4 Å². The zero-order valence-electron chi connectivity index (χ0n) is 17.3. The first-order valence-electron chi connectivity index (χ1n) is 9.31. The number of sulfonamides is 1. The lowest BCUT2D eigenvalue weighted by molar-refractivity contribution is 0.0474. The number of ketones is 1. The summed E-state index contributed by atoms with van der Waals surface area (Å²) in [5, 5.41) is 0. The third kappa shape index (κ3) is 6.04. The van der Waals surface area contributed by atoms with Crippen LogP contribution in [0.15, 0.2) is 47.4 Å². The van der Waals surface area contributed by atoms with Crippen LogP contribution in [0.2, 0.25) is 0 Å². The summed E-state index contributed by atoms with van der Waals surface area (Å²) in [6, 6.07) is 10.0. The Morgan fingerprint density at radius 2 is 1.67 bits per heavy atom. The van der Waals surface area contributed by atoms with Crippen molar-refractivity contribution in [2.24, 2.45) is 0 Å². The molecule has 0 spiro atoms. The zero-order chi connectivity index (χ0) is 22.3. The van der Waals surface area contributed by atoms with Crippen LogP contribution in [-0.4, -0.2) is 46.5 Å². The summed E-state index contributed by atoms with van der Waals surface area (Å²) in [5.41, 5.74) is 0.352. The van der Waals surface area contributed by atoms with Gasteiger partial charge < -0.3 is 14.2 Å². The SMILES string of the molecule is CCOc1ccc(C(=O)COC(=O)c2ccc(OC)c(S(=O)(=O)NC(C)C)c2)cc1. The van der Waals surface area contributed by atoms with Gasteiger partial charge in [0.05, 0.1) is 19.3 Å². The molecule has 0 aromatic heterocycles. The summed E-state index contributed by atoms with van der Waals surface area (Å²) in [7, 11) is -2.57. The first-order valence-corrected chi connectivity index (χ1v) is 10.8. The molecule has 0 saturated heterocycles. The van der Waals surface area contributed by atoms with Crippen LogP contribution in [0, 0.1) is 0 Å². The molecule has 162 valence electrons. The highest BCUT2D eigenvalue weighted by Gasteiger charge is 2.23. The van der Waals surface area contributed by atoms with E-state index in [1.54, 1.807) is 38.1 Å². The van der Waals surface area contributed by atoms with Gasteiger partial charge in [-0.05, 0) is 63.2 Å². The molecule has 30 heavy (non-hydrogen) atoms. The monoisotopic (exact) mass is 435 g/mol. The fraction of sp³-hybridized carbons (Fsp3) is 0.333. The van der Waals surface area contributed by atoms with Gasteiger partial charge in [-0.25, -0.2) is 17.9 Å². The third-order valence-electron chi connectivity index (χ3n) is 3.90. The highest BCUT2D eigenvalue weighted by Crippen LogP contribution is 2.25. The molecule has 2 aromatic rings. The van der Waals surface area contributed by atoms with E-state index in [9.17, 15) is 18.0 Å². The standard InChI is InChI=1S/C21H25NO7S/c1-5-28-17-9-6-15(7-10-17)18(23)13-29-21(24)16-8-11-19(27-4)20(12-16)30(25,26)22-14(2)3/h6-12,14,22H,5,13H2,1-4H3. The maximum absolute atomic E-state index is 12.5. The van der Waals surface area contributed by atoms with E-state index >= 15 is 0 Å². The maximum Gasteiger partial charge on any atom is 0.338 e. The van der Waals surface area contributed by atoms with Gasteiger partial charge in [0.25, 0.3) is 0 Å². The number of Topliss-reactive ketones (excluding diaryl/α,β-unsaturated/α-hetero) is 1. The van der Waals surface area contributed by atoms with Crippen LogP contribution < -0.4 is 14.2 Å². The lowest BCUT2D eigenvalue weighted by Crippen LogP contribution is -2.30. The van der Waals surface area contributed by atoms with Crippen molar-refractivity contribution in [3.05, 3.63) is 53.6 Å². The minimum atomic E-state index is -3.90. The second-order valence-electron chi connectivity index (χ2n) is 6.60. The summed E-state index contributed by atoms with van der Waals surface area (Å²) in [6.45, 7) is 5.24. The highest BCUT2D eigenvalue weighted by atomic mass is 32.2. The number of ether oxygens (including phenoxy) is 3. The molecule has 0 heterocycles. The quantitative estimate of drug-likeness (QED) is 0.452. The van der Waals surface area contributed by atoms with Crippen LogP contribution in [0.4, 0.5) is 0 Å². The molecule has 0 bridgehead atoms. The Balaban J connectivity index is 2.13. The van der Waals surface area contributed by atoms with Crippen molar-refractivity contribution in [2.45, 2.75) is 31.7 Å². The highest BCUT2D eigenvalue weighted by molar-refractivity contribution is 7.89. The van der Waals surface area contributed by atoms with Crippen LogP contribution in [-0.2, 0) is 14.8 Å². The Hall–Kier alpha value is -2.91. The first-order chi connectivity index (χ1) is 14.2. The van der Waals surface area contributed by atoms with Crippen LogP contribution in [0.3, 0.4) is 0 Å². The number of hydrogen-bond donors (Lipinski definition) is 1. The van der Waals surface area contributed by atoms with Gasteiger partial charge in [0.1, 0.15) is 16.4 Å². The molecular formula is C21H25NO7S. The second kappa shape index (κ2) is 10.2. The molecule has 0 saturated carbocycles. The number of methoxy groups -OCH3 is 1. The van der Waals surface area contributed by atoms with Crippen molar-refractivity contribution in [3.63, 3.8) is 0 Å². The van der Waals surface area contributed by atoms with Gasteiger partial charge in [0.15, 0.2) is 12.4 Å². The zero-order valence-corrected chi connectivity index (χ0v) is 18.1. The molecule has 0 amide bonds. The van der Waals surface area contributed by atoms with Crippen molar-refractivity contribution >= 4 is 21.8 Å². The molecule has 0 aliphatic heterocycles. The fourth-order valence-corrected chi connectivity index (χ4v) is 4.03. The Labute approximate surface area is 176 Å². The number of carbonyl (C=O) groups is 2. The van der Waals surface area contributed by atoms with Crippen LogP contribution >= 0.6 is 0 Å². The van der Waals surface area contributed by atoms with Crippen molar-refractivity contribution in [1.82, 2.24) is 4.72 Å². The molecule has 0 aliphatic carbocycles. The smallest absolute Gasteiger partial charge is 0.338 e. The first kappa shape index (κ1) is 23.4. The second-order valence-corrected chi connectivity index (χ2v) is 8.28. The number of benzene rings is 2. The molecule has 0 fully saturated rings. The van der Waals surface area contributed by atoms with Crippen molar-refractivity contribution in [2.75, 3.05) is 20.3 Å². The Kier molecular flexibility index (Phi) is 7.96. The van der Waals surface area contributed by atoms with Crippen LogP contribution in [0.25, 0.3) is 0 Å².